The molecule has 1 aliphatic heterocycles. The van der Waals surface area contributed by atoms with Crippen molar-refractivity contribution < 1.29 is 9.59 Å². The maximum atomic E-state index is 12.4. The van der Waals surface area contributed by atoms with Gasteiger partial charge < -0.3 is 10.2 Å². The third-order valence-electron chi connectivity index (χ3n) is 3.95. The predicted octanol–water partition coefficient (Wildman–Crippen LogP) is 1.30. The van der Waals surface area contributed by atoms with E-state index in [1.54, 1.807) is 0 Å². The molecule has 0 aromatic rings. The molecule has 1 N–H and O–H groups in total. The van der Waals surface area contributed by atoms with E-state index in [4.69, 9.17) is 0 Å². The number of carbonyl (C=O) groups is 2. The summed E-state index contributed by atoms with van der Waals surface area (Å²) >= 11 is 0. The second-order valence-electron chi connectivity index (χ2n) is 5.08. The van der Waals surface area contributed by atoms with Gasteiger partial charge in [-0.05, 0) is 19.3 Å². The Morgan fingerprint density at radius 1 is 1.35 bits per heavy atom. The Balaban J connectivity index is 2.03. The normalized spacial score (nSPS) is 26.8. The van der Waals surface area contributed by atoms with Gasteiger partial charge in [0.1, 0.15) is 6.04 Å². The Labute approximate surface area is 103 Å². The molecule has 0 radical (unpaired) electrons. The van der Waals surface area contributed by atoms with Crippen molar-refractivity contribution in [2.45, 2.75) is 51.5 Å². The molecule has 0 aromatic heterocycles. The van der Waals surface area contributed by atoms with Crippen molar-refractivity contribution >= 4 is 11.8 Å². The van der Waals surface area contributed by atoms with Crippen LogP contribution in [-0.4, -0.2) is 35.8 Å². The van der Waals surface area contributed by atoms with E-state index in [1.165, 1.54) is 6.42 Å². The van der Waals surface area contributed by atoms with Gasteiger partial charge in [-0.25, -0.2) is 0 Å². The Morgan fingerprint density at radius 2 is 2.06 bits per heavy atom. The number of nitrogens with zero attached hydrogens (tertiary/aromatic N) is 1. The molecule has 4 nitrogen and oxygen atoms in total. The molecule has 1 aliphatic carbocycles. The highest BCUT2D eigenvalue weighted by Gasteiger charge is 2.35. The standard InChI is InChI=1S/C13H22N2O2/c1-2-11-12(16)14-8-9-15(11)13(17)10-6-4-3-5-7-10/h10-11H,2-9H2,1H3,(H,14,16). The highest BCUT2D eigenvalue weighted by Crippen LogP contribution is 2.26. The fourth-order valence-corrected chi connectivity index (χ4v) is 2.97. The maximum absolute atomic E-state index is 12.4. The van der Waals surface area contributed by atoms with Crippen LogP contribution in [-0.2, 0) is 9.59 Å². The van der Waals surface area contributed by atoms with Crippen LogP contribution in [0.5, 0.6) is 0 Å². The van der Waals surface area contributed by atoms with Crippen molar-refractivity contribution in [2.75, 3.05) is 13.1 Å². The second kappa shape index (κ2) is 5.52. The molecule has 1 atom stereocenters. The lowest BCUT2D eigenvalue weighted by Gasteiger charge is -2.37. The van der Waals surface area contributed by atoms with Gasteiger partial charge in [0.2, 0.25) is 11.8 Å². The highest BCUT2D eigenvalue weighted by molar-refractivity contribution is 5.89. The summed E-state index contributed by atoms with van der Waals surface area (Å²) in [6, 6.07) is -0.238. The molecule has 0 aromatic carbocycles. The van der Waals surface area contributed by atoms with Crippen molar-refractivity contribution in [3.63, 3.8) is 0 Å². The van der Waals surface area contributed by atoms with Crippen molar-refractivity contribution in [3.8, 4) is 0 Å². The van der Waals surface area contributed by atoms with E-state index in [0.717, 1.165) is 25.7 Å². The van der Waals surface area contributed by atoms with Crippen LogP contribution in [0, 0.1) is 5.92 Å². The zero-order valence-corrected chi connectivity index (χ0v) is 10.6. The van der Waals surface area contributed by atoms with Gasteiger partial charge in [-0.2, -0.15) is 0 Å². The molecular formula is C13H22N2O2. The fourth-order valence-electron chi connectivity index (χ4n) is 2.97. The number of rotatable bonds is 2. The van der Waals surface area contributed by atoms with Crippen LogP contribution in [0.15, 0.2) is 0 Å². The minimum Gasteiger partial charge on any atom is -0.353 e. The van der Waals surface area contributed by atoms with E-state index >= 15 is 0 Å². The van der Waals surface area contributed by atoms with Gasteiger partial charge in [0, 0.05) is 19.0 Å². The van der Waals surface area contributed by atoms with E-state index in [9.17, 15) is 9.59 Å². The highest BCUT2D eigenvalue weighted by atomic mass is 16.2. The van der Waals surface area contributed by atoms with Crippen molar-refractivity contribution in [2.24, 2.45) is 5.92 Å². The van der Waals surface area contributed by atoms with Gasteiger partial charge in [0.25, 0.3) is 0 Å². The molecule has 2 fully saturated rings. The lowest BCUT2D eigenvalue weighted by molar-refractivity contribution is -0.147. The lowest BCUT2D eigenvalue weighted by Crippen LogP contribution is -2.58. The largest absolute Gasteiger partial charge is 0.353 e. The summed E-state index contributed by atoms with van der Waals surface area (Å²) in [5.41, 5.74) is 0. The average molecular weight is 238 g/mol. The van der Waals surface area contributed by atoms with Crippen LogP contribution in [0.2, 0.25) is 0 Å². The first-order valence-electron chi connectivity index (χ1n) is 6.82. The monoisotopic (exact) mass is 238 g/mol. The van der Waals surface area contributed by atoms with Gasteiger partial charge in [-0.15, -0.1) is 0 Å². The van der Waals surface area contributed by atoms with Crippen LogP contribution in [0.25, 0.3) is 0 Å². The molecule has 0 bridgehead atoms. The molecule has 2 aliphatic rings. The molecule has 1 unspecified atom stereocenters. The smallest absolute Gasteiger partial charge is 0.242 e. The quantitative estimate of drug-likeness (QED) is 0.788. The SMILES string of the molecule is CCC1C(=O)NCCN1C(=O)C1CCCCC1. The molecule has 1 heterocycles. The Hall–Kier alpha value is -1.06. The number of amides is 2. The molecular weight excluding hydrogens is 216 g/mol. The van der Waals surface area contributed by atoms with Crippen LogP contribution in [0.1, 0.15) is 45.4 Å². The Morgan fingerprint density at radius 3 is 2.71 bits per heavy atom. The number of piperazine rings is 1. The molecule has 1 saturated carbocycles. The summed E-state index contributed by atoms with van der Waals surface area (Å²) in [6.45, 7) is 3.25. The molecule has 17 heavy (non-hydrogen) atoms. The van der Waals surface area contributed by atoms with Crippen molar-refractivity contribution in [3.05, 3.63) is 0 Å². The van der Waals surface area contributed by atoms with Gasteiger partial charge in [0.15, 0.2) is 0 Å². The predicted molar refractivity (Wildman–Crippen MR) is 65.4 cm³/mol. The zero-order chi connectivity index (χ0) is 12.3. The summed E-state index contributed by atoms with van der Waals surface area (Å²) in [4.78, 5) is 25.9. The third-order valence-corrected chi connectivity index (χ3v) is 3.95. The number of nitrogens with one attached hydrogen (secondary N) is 1. The maximum Gasteiger partial charge on any atom is 0.242 e. The summed E-state index contributed by atoms with van der Waals surface area (Å²) in [5.74, 6) is 0.401. The van der Waals surface area contributed by atoms with Crippen LogP contribution in [0.3, 0.4) is 0 Å². The molecule has 96 valence electrons. The van der Waals surface area contributed by atoms with E-state index < -0.39 is 0 Å². The summed E-state index contributed by atoms with van der Waals surface area (Å²) in [7, 11) is 0. The first-order chi connectivity index (χ1) is 8.24. The van der Waals surface area contributed by atoms with Gasteiger partial charge >= 0.3 is 0 Å². The van der Waals surface area contributed by atoms with Gasteiger partial charge in [-0.3, -0.25) is 9.59 Å². The van der Waals surface area contributed by atoms with Gasteiger partial charge in [0.05, 0.1) is 0 Å². The first kappa shape index (κ1) is 12.4. The van der Waals surface area contributed by atoms with Crippen LogP contribution >= 0.6 is 0 Å². The van der Waals surface area contributed by atoms with E-state index in [-0.39, 0.29) is 23.8 Å². The number of hydrogen-bond donors (Lipinski definition) is 1. The topological polar surface area (TPSA) is 49.4 Å². The van der Waals surface area contributed by atoms with Gasteiger partial charge in [-0.1, -0.05) is 26.2 Å². The summed E-state index contributed by atoms with van der Waals surface area (Å²) in [6.07, 6.45) is 6.30. The molecule has 0 spiro atoms. The zero-order valence-electron chi connectivity index (χ0n) is 10.6. The van der Waals surface area contributed by atoms with E-state index in [1.807, 2.05) is 11.8 Å². The average Bonchev–Trinajstić information content (AvgIpc) is 2.38. The second-order valence-corrected chi connectivity index (χ2v) is 5.08. The minimum absolute atomic E-state index is 0.0166. The third kappa shape index (κ3) is 2.61. The molecule has 1 saturated heterocycles. The van der Waals surface area contributed by atoms with Crippen LogP contribution < -0.4 is 5.32 Å². The number of carbonyl (C=O) groups excluding carboxylic acids is 2. The van der Waals surface area contributed by atoms with Crippen molar-refractivity contribution in [1.82, 2.24) is 10.2 Å². The fraction of sp³-hybridized carbons (Fsp3) is 0.846. The van der Waals surface area contributed by atoms with Crippen molar-refractivity contribution in [1.29, 1.82) is 0 Å². The Kier molecular flexibility index (Phi) is 4.02. The summed E-state index contributed by atoms with van der Waals surface area (Å²) < 4.78 is 0. The van der Waals surface area contributed by atoms with E-state index in [0.29, 0.717) is 19.5 Å². The lowest BCUT2D eigenvalue weighted by atomic mass is 9.87. The molecule has 4 heteroatoms. The Bertz CT molecular complexity index is 298. The minimum atomic E-state index is -0.238. The molecule has 2 rings (SSSR count). The molecule has 2 amide bonds. The van der Waals surface area contributed by atoms with E-state index in [2.05, 4.69) is 5.32 Å². The first-order valence-corrected chi connectivity index (χ1v) is 6.82. The van der Waals surface area contributed by atoms with Crippen LogP contribution in [0.4, 0.5) is 0 Å². The summed E-state index contributed by atoms with van der Waals surface area (Å²) in [5, 5.41) is 2.84. The number of hydrogen-bond acceptors (Lipinski definition) is 2.